The number of alkyl halides is 1. The zero-order chi connectivity index (χ0) is 7.40. The Morgan fingerprint density at radius 1 is 1.36 bits per heavy atom. The monoisotopic (exact) mass is 193 g/mol. The van der Waals surface area contributed by atoms with Gasteiger partial charge in [0.2, 0.25) is 0 Å². The van der Waals surface area contributed by atoms with E-state index in [0.717, 1.165) is 0 Å². The van der Waals surface area contributed by atoms with E-state index in [0.29, 0.717) is 11.4 Å². The van der Waals surface area contributed by atoms with Crippen LogP contribution in [-0.4, -0.2) is 6.07 Å². The number of ether oxygens (including phenoxy) is 1. The van der Waals surface area contributed by atoms with E-state index in [1.807, 2.05) is 12.1 Å². The second-order valence-electron chi connectivity index (χ2n) is 1.79. The third-order valence-corrected chi connectivity index (χ3v) is 1.24. The highest BCUT2D eigenvalue weighted by Crippen LogP contribution is 2.19. The summed E-state index contributed by atoms with van der Waals surface area (Å²) in [5, 5.41) is 0. The first-order chi connectivity index (χ1) is 4.84. The number of nitrogen functional groups attached to an aromatic ring is 1. The lowest BCUT2D eigenvalue weighted by molar-refractivity contribution is 0.390. The predicted octanol–water partition coefficient (Wildman–Crippen LogP) is 2.27. The van der Waals surface area contributed by atoms with Crippen molar-refractivity contribution in [1.82, 2.24) is 0 Å². The second-order valence-corrected chi connectivity index (χ2v) is 2.01. The molecule has 0 saturated heterocycles. The molecule has 62 valence electrons. The van der Waals surface area contributed by atoms with E-state index in [4.69, 9.17) is 22.1 Å². The van der Waals surface area contributed by atoms with Crippen molar-refractivity contribution in [2.24, 2.45) is 0 Å². The normalized spacial score (nSPS) is 8.45. The molecule has 0 unspecified atom stereocenters. The topological polar surface area (TPSA) is 35.2 Å². The van der Waals surface area contributed by atoms with E-state index >= 15 is 0 Å². The maximum Gasteiger partial charge on any atom is 0.162 e. The molecular formula is C7H9Cl2NO. The van der Waals surface area contributed by atoms with E-state index in [-0.39, 0.29) is 18.5 Å². The van der Waals surface area contributed by atoms with Gasteiger partial charge in [-0.3, -0.25) is 0 Å². The summed E-state index contributed by atoms with van der Waals surface area (Å²) in [7, 11) is 0. The molecule has 0 aromatic heterocycles. The molecule has 1 rings (SSSR count). The van der Waals surface area contributed by atoms with Crippen LogP contribution >= 0.6 is 24.0 Å². The fourth-order valence-electron chi connectivity index (χ4n) is 0.671. The maximum atomic E-state index is 5.52. The first kappa shape index (κ1) is 10.4. The molecule has 0 aliphatic rings. The molecule has 2 nitrogen and oxygen atoms in total. The molecule has 11 heavy (non-hydrogen) atoms. The Hall–Kier alpha value is -0.600. The molecule has 0 fully saturated rings. The lowest BCUT2D eigenvalue weighted by atomic mass is 10.3. The number of nitrogens with two attached hydrogens (primary N) is 1. The molecule has 0 bridgehead atoms. The first-order valence-electron chi connectivity index (χ1n) is 2.88. The molecule has 4 heteroatoms. The summed E-state index contributed by atoms with van der Waals surface area (Å²) in [4.78, 5) is 0. The minimum atomic E-state index is 0. The molecule has 1 aromatic carbocycles. The van der Waals surface area contributed by atoms with Crippen LogP contribution in [0.4, 0.5) is 5.69 Å². The van der Waals surface area contributed by atoms with Gasteiger partial charge in [0.25, 0.3) is 0 Å². The molecular weight excluding hydrogens is 185 g/mol. The van der Waals surface area contributed by atoms with Crippen LogP contribution in [0.15, 0.2) is 24.3 Å². The van der Waals surface area contributed by atoms with Crippen molar-refractivity contribution < 1.29 is 4.74 Å². The predicted molar refractivity (Wildman–Crippen MR) is 49.5 cm³/mol. The molecule has 0 aliphatic carbocycles. The van der Waals surface area contributed by atoms with E-state index < -0.39 is 0 Å². The van der Waals surface area contributed by atoms with Crippen LogP contribution < -0.4 is 10.5 Å². The third kappa shape index (κ3) is 2.87. The van der Waals surface area contributed by atoms with Crippen LogP contribution in [0.5, 0.6) is 5.75 Å². The fraction of sp³-hybridized carbons (Fsp3) is 0.143. The van der Waals surface area contributed by atoms with Gasteiger partial charge in [-0.2, -0.15) is 0 Å². The number of hydrogen-bond acceptors (Lipinski definition) is 2. The second kappa shape index (κ2) is 5.10. The molecule has 0 radical (unpaired) electrons. The summed E-state index contributed by atoms with van der Waals surface area (Å²) in [5.41, 5.74) is 6.14. The molecule has 0 amide bonds. The fourth-order valence-corrected chi connectivity index (χ4v) is 0.788. The quantitative estimate of drug-likeness (QED) is 0.578. The summed E-state index contributed by atoms with van der Waals surface area (Å²) >= 11 is 5.33. The zero-order valence-electron chi connectivity index (χ0n) is 5.79. The summed E-state index contributed by atoms with van der Waals surface area (Å²) < 4.78 is 4.98. The Morgan fingerprint density at radius 3 is 2.55 bits per heavy atom. The van der Waals surface area contributed by atoms with Crippen molar-refractivity contribution in [1.29, 1.82) is 0 Å². The third-order valence-electron chi connectivity index (χ3n) is 1.13. The molecule has 0 saturated carbocycles. The van der Waals surface area contributed by atoms with Crippen molar-refractivity contribution in [2.75, 3.05) is 11.8 Å². The van der Waals surface area contributed by atoms with E-state index in [1.54, 1.807) is 12.1 Å². The van der Waals surface area contributed by atoms with Gasteiger partial charge in [0.05, 0.1) is 5.69 Å². The minimum absolute atomic E-state index is 0. The molecule has 0 aliphatic heterocycles. The van der Waals surface area contributed by atoms with Gasteiger partial charge >= 0.3 is 0 Å². The summed E-state index contributed by atoms with van der Waals surface area (Å²) in [6.07, 6.45) is 0. The molecule has 2 N–H and O–H groups in total. The van der Waals surface area contributed by atoms with Crippen molar-refractivity contribution >= 4 is 29.7 Å². The maximum absolute atomic E-state index is 5.52. The molecule has 0 atom stereocenters. The SMILES string of the molecule is Cl.Nc1ccccc1OCCl. The van der Waals surface area contributed by atoms with Gasteiger partial charge in [0.15, 0.2) is 6.07 Å². The van der Waals surface area contributed by atoms with Gasteiger partial charge in [-0.25, -0.2) is 0 Å². The summed E-state index contributed by atoms with van der Waals surface area (Å²) in [5.74, 6) is 0.637. The Bertz CT molecular complexity index is 217. The number of rotatable bonds is 2. The average molecular weight is 194 g/mol. The highest BCUT2D eigenvalue weighted by molar-refractivity contribution is 6.17. The Balaban J connectivity index is 0.000001000. The van der Waals surface area contributed by atoms with Crippen LogP contribution in [0, 0.1) is 0 Å². The van der Waals surface area contributed by atoms with E-state index in [1.165, 1.54) is 0 Å². The number of halogens is 2. The van der Waals surface area contributed by atoms with Gasteiger partial charge in [-0.15, -0.1) is 12.4 Å². The number of benzene rings is 1. The van der Waals surface area contributed by atoms with Crippen molar-refractivity contribution in [2.45, 2.75) is 0 Å². The Labute approximate surface area is 76.7 Å². The van der Waals surface area contributed by atoms with Gasteiger partial charge in [-0.1, -0.05) is 23.7 Å². The van der Waals surface area contributed by atoms with Gasteiger partial charge in [0.1, 0.15) is 5.75 Å². The molecule has 1 aromatic rings. The van der Waals surface area contributed by atoms with Gasteiger partial charge in [0, 0.05) is 0 Å². The van der Waals surface area contributed by atoms with E-state index in [9.17, 15) is 0 Å². The first-order valence-corrected chi connectivity index (χ1v) is 3.41. The number of para-hydroxylation sites is 2. The van der Waals surface area contributed by atoms with E-state index in [2.05, 4.69) is 0 Å². The van der Waals surface area contributed by atoms with Crippen molar-refractivity contribution in [3.05, 3.63) is 24.3 Å². The Morgan fingerprint density at radius 2 is 2.00 bits per heavy atom. The standard InChI is InChI=1S/C7H8ClNO.ClH/c8-5-10-7-4-2-1-3-6(7)9;/h1-4H,5,9H2;1H. The highest BCUT2D eigenvalue weighted by atomic mass is 35.5. The van der Waals surface area contributed by atoms with Crippen molar-refractivity contribution in [3.63, 3.8) is 0 Å². The smallest absolute Gasteiger partial charge is 0.162 e. The van der Waals surface area contributed by atoms with Crippen LogP contribution in [0.1, 0.15) is 0 Å². The molecule has 0 spiro atoms. The van der Waals surface area contributed by atoms with Crippen molar-refractivity contribution in [3.8, 4) is 5.75 Å². The van der Waals surface area contributed by atoms with Gasteiger partial charge < -0.3 is 10.5 Å². The van der Waals surface area contributed by atoms with Crippen LogP contribution in [-0.2, 0) is 0 Å². The van der Waals surface area contributed by atoms with Crippen LogP contribution in [0.25, 0.3) is 0 Å². The van der Waals surface area contributed by atoms with Crippen LogP contribution in [0.3, 0.4) is 0 Å². The number of hydrogen-bond donors (Lipinski definition) is 1. The largest absolute Gasteiger partial charge is 0.476 e. The Kier molecular flexibility index (Phi) is 4.83. The zero-order valence-corrected chi connectivity index (χ0v) is 7.36. The van der Waals surface area contributed by atoms with Gasteiger partial charge in [-0.05, 0) is 12.1 Å². The summed E-state index contributed by atoms with van der Waals surface area (Å²) in [6, 6.07) is 7.36. The highest BCUT2D eigenvalue weighted by Gasteiger charge is 1.94. The minimum Gasteiger partial charge on any atom is -0.476 e. The molecule has 0 heterocycles. The number of anilines is 1. The van der Waals surface area contributed by atoms with Crippen LogP contribution in [0.2, 0.25) is 0 Å². The lowest BCUT2D eigenvalue weighted by Crippen LogP contribution is -1.93. The lowest BCUT2D eigenvalue weighted by Gasteiger charge is -2.03. The average Bonchev–Trinajstić information content (AvgIpc) is 1.94. The summed E-state index contributed by atoms with van der Waals surface area (Å²) in [6.45, 7) is 0.